The maximum Gasteiger partial charge on any atom is 0.176 e. The van der Waals surface area contributed by atoms with E-state index in [4.69, 9.17) is 0 Å². The second kappa shape index (κ2) is 3.38. The van der Waals surface area contributed by atoms with Crippen molar-refractivity contribution in [2.24, 2.45) is 0 Å². The largest absolute Gasteiger partial charge is 0.342 e. The first-order chi connectivity index (χ1) is 7.45. The van der Waals surface area contributed by atoms with Crippen molar-refractivity contribution in [2.45, 2.75) is 18.9 Å². The molecule has 2 aromatic heterocycles. The molecule has 1 aliphatic rings. The topological polar surface area (TPSA) is 46.5 Å². The molecule has 2 aromatic rings. The minimum atomic E-state index is 0.438. The Morgan fingerprint density at radius 2 is 2.33 bits per heavy atom. The smallest absolute Gasteiger partial charge is 0.176 e. The van der Waals surface area contributed by atoms with Gasteiger partial charge in [0.1, 0.15) is 0 Å². The van der Waals surface area contributed by atoms with E-state index in [0.717, 1.165) is 24.5 Å². The van der Waals surface area contributed by atoms with Gasteiger partial charge in [-0.05, 0) is 12.8 Å². The third kappa shape index (κ3) is 1.38. The summed E-state index contributed by atoms with van der Waals surface area (Å²) < 4.78 is 2.17. The summed E-state index contributed by atoms with van der Waals surface area (Å²) >= 11 is 0. The molecular weight excluding hydrogens is 188 g/mol. The highest BCUT2D eigenvalue weighted by Gasteiger charge is 2.16. The summed E-state index contributed by atoms with van der Waals surface area (Å²) in [7, 11) is 0. The van der Waals surface area contributed by atoms with Crippen LogP contribution in [0.4, 0.5) is 0 Å². The summed E-state index contributed by atoms with van der Waals surface area (Å²) in [5, 5.41) is 0. The quantitative estimate of drug-likeness (QED) is 0.755. The van der Waals surface area contributed by atoms with Gasteiger partial charge in [0.15, 0.2) is 11.6 Å². The lowest BCUT2D eigenvalue weighted by molar-refractivity contribution is 0.594. The van der Waals surface area contributed by atoms with Crippen LogP contribution in [0.3, 0.4) is 0 Å². The number of hydrogen-bond donors (Lipinski definition) is 1. The number of aromatic nitrogens is 4. The molecule has 0 fully saturated rings. The first kappa shape index (κ1) is 8.47. The summed E-state index contributed by atoms with van der Waals surface area (Å²) in [6.45, 7) is 0. The molecule has 0 saturated heterocycles. The van der Waals surface area contributed by atoms with E-state index in [1.54, 1.807) is 6.20 Å². The summed E-state index contributed by atoms with van der Waals surface area (Å²) in [4.78, 5) is 11.7. The molecule has 0 aliphatic heterocycles. The van der Waals surface area contributed by atoms with Crippen LogP contribution >= 0.6 is 0 Å². The van der Waals surface area contributed by atoms with E-state index < -0.39 is 0 Å². The zero-order chi connectivity index (χ0) is 10.1. The highest BCUT2D eigenvalue weighted by atomic mass is 15.1. The summed E-state index contributed by atoms with van der Waals surface area (Å²) in [5.74, 6) is 1.75. The van der Waals surface area contributed by atoms with Gasteiger partial charge in [0, 0.05) is 24.8 Å². The Kier molecular flexibility index (Phi) is 1.91. The lowest BCUT2D eigenvalue weighted by Crippen LogP contribution is -2.05. The lowest BCUT2D eigenvalue weighted by Gasteiger charge is -2.11. The maximum atomic E-state index is 4.34. The molecule has 1 atom stereocenters. The van der Waals surface area contributed by atoms with Crippen LogP contribution in [0, 0.1) is 0 Å². The second-order valence-electron chi connectivity index (χ2n) is 3.67. The van der Waals surface area contributed by atoms with Crippen LogP contribution in [0.2, 0.25) is 0 Å². The normalized spacial score (nSPS) is 19.9. The van der Waals surface area contributed by atoms with Crippen LogP contribution in [-0.2, 0) is 0 Å². The SMILES string of the molecule is C1=CC(n2ccnc2-c2ncc[nH]2)CC1. The van der Waals surface area contributed by atoms with E-state index in [-0.39, 0.29) is 0 Å². The van der Waals surface area contributed by atoms with Crippen molar-refractivity contribution in [1.82, 2.24) is 19.5 Å². The van der Waals surface area contributed by atoms with Crippen LogP contribution in [0.5, 0.6) is 0 Å². The fraction of sp³-hybridized carbons (Fsp3) is 0.273. The first-order valence-corrected chi connectivity index (χ1v) is 5.14. The highest BCUT2D eigenvalue weighted by molar-refractivity contribution is 5.44. The van der Waals surface area contributed by atoms with E-state index in [0.29, 0.717) is 6.04 Å². The third-order valence-electron chi connectivity index (χ3n) is 2.72. The molecular formula is C11H12N4. The van der Waals surface area contributed by atoms with Crippen molar-refractivity contribution in [3.8, 4) is 11.6 Å². The van der Waals surface area contributed by atoms with Crippen LogP contribution in [0.15, 0.2) is 36.9 Å². The van der Waals surface area contributed by atoms with Crippen molar-refractivity contribution >= 4 is 0 Å². The van der Waals surface area contributed by atoms with E-state index in [1.807, 2.05) is 18.6 Å². The van der Waals surface area contributed by atoms with Gasteiger partial charge >= 0.3 is 0 Å². The monoisotopic (exact) mass is 200 g/mol. The Bertz CT molecular complexity index is 467. The van der Waals surface area contributed by atoms with Gasteiger partial charge in [-0.25, -0.2) is 9.97 Å². The number of imidazole rings is 2. The van der Waals surface area contributed by atoms with Gasteiger partial charge in [-0.3, -0.25) is 0 Å². The number of nitrogens with one attached hydrogen (secondary N) is 1. The Labute approximate surface area is 87.7 Å². The van der Waals surface area contributed by atoms with E-state index >= 15 is 0 Å². The highest BCUT2D eigenvalue weighted by Crippen LogP contribution is 2.26. The van der Waals surface area contributed by atoms with E-state index in [2.05, 4.69) is 31.7 Å². The molecule has 76 valence electrons. The Morgan fingerprint density at radius 1 is 1.33 bits per heavy atom. The lowest BCUT2D eigenvalue weighted by atomic mass is 10.2. The van der Waals surface area contributed by atoms with Crippen LogP contribution in [0.25, 0.3) is 11.6 Å². The van der Waals surface area contributed by atoms with Gasteiger partial charge in [0.25, 0.3) is 0 Å². The molecule has 1 unspecified atom stereocenters. The standard InChI is InChI=1S/C11H12N4/c1-2-4-9(3-1)15-8-7-14-11(15)10-12-5-6-13-10/h1,3,5-9H,2,4H2,(H,12,13). The van der Waals surface area contributed by atoms with Crippen molar-refractivity contribution in [3.05, 3.63) is 36.9 Å². The fourth-order valence-corrected chi connectivity index (χ4v) is 2.00. The van der Waals surface area contributed by atoms with Crippen molar-refractivity contribution in [1.29, 1.82) is 0 Å². The molecule has 0 saturated carbocycles. The van der Waals surface area contributed by atoms with Gasteiger partial charge in [0.2, 0.25) is 0 Å². The molecule has 0 amide bonds. The Hall–Kier alpha value is -1.84. The number of allylic oxidation sites excluding steroid dienone is 2. The molecule has 2 heterocycles. The average molecular weight is 200 g/mol. The molecule has 15 heavy (non-hydrogen) atoms. The van der Waals surface area contributed by atoms with Crippen molar-refractivity contribution in [2.75, 3.05) is 0 Å². The van der Waals surface area contributed by atoms with E-state index in [9.17, 15) is 0 Å². The Balaban J connectivity index is 2.02. The molecule has 0 spiro atoms. The molecule has 0 bridgehead atoms. The molecule has 0 radical (unpaired) electrons. The Morgan fingerprint density at radius 3 is 3.07 bits per heavy atom. The number of H-pyrrole nitrogens is 1. The minimum Gasteiger partial charge on any atom is -0.342 e. The maximum absolute atomic E-state index is 4.34. The first-order valence-electron chi connectivity index (χ1n) is 5.14. The average Bonchev–Trinajstić information content (AvgIpc) is 3.01. The zero-order valence-electron chi connectivity index (χ0n) is 8.30. The van der Waals surface area contributed by atoms with Gasteiger partial charge < -0.3 is 9.55 Å². The van der Waals surface area contributed by atoms with Crippen LogP contribution < -0.4 is 0 Å². The van der Waals surface area contributed by atoms with Crippen LogP contribution in [-0.4, -0.2) is 19.5 Å². The molecule has 1 N–H and O–H groups in total. The predicted molar refractivity (Wildman–Crippen MR) is 57.2 cm³/mol. The van der Waals surface area contributed by atoms with Gasteiger partial charge in [-0.15, -0.1) is 0 Å². The second-order valence-corrected chi connectivity index (χ2v) is 3.67. The number of rotatable bonds is 2. The molecule has 4 heteroatoms. The predicted octanol–water partition coefficient (Wildman–Crippen LogP) is 2.16. The van der Waals surface area contributed by atoms with Crippen molar-refractivity contribution in [3.63, 3.8) is 0 Å². The minimum absolute atomic E-state index is 0.438. The van der Waals surface area contributed by atoms with Gasteiger partial charge in [0.05, 0.1) is 6.04 Å². The van der Waals surface area contributed by atoms with Gasteiger partial charge in [-0.1, -0.05) is 12.2 Å². The zero-order valence-corrected chi connectivity index (χ0v) is 8.30. The number of aromatic amines is 1. The number of hydrogen-bond acceptors (Lipinski definition) is 2. The van der Waals surface area contributed by atoms with Gasteiger partial charge in [-0.2, -0.15) is 0 Å². The summed E-state index contributed by atoms with van der Waals surface area (Å²) in [6, 6.07) is 0.438. The third-order valence-corrected chi connectivity index (χ3v) is 2.72. The fourth-order valence-electron chi connectivity index (χ4n) is 2.00. The number of nitrogens with zero attached hydrogens (tertiary/aromatic N) is 3. The summed E-state index contributed by atoms with van der Waals surface area (Å²) in [5.41, 5.74) is 0. The molecule has 4 nitrogen and oxygen atoms in total. The van der Waals surface area contributed by atoms with E-state index in [1.165, 1.54) is 0 Å². The molecule has 1 aliphatic carbocycles. The summed E-state index contributed by atoms with van der Waals surface area (Å²) in [6.07, 6.45) is 14.2. The molecule has 3 rings (SSSR count). The van der Waals surface area contributed by atoms with Crippen LogP contribution in [0.1, 0.15) is 18.9 Å². The van der Waals surface area contributed by atoms with Crippen molar-refractivity contribution < 1.29 is 0 Å². The molecule has 0 aromatic carbocycles.